The van der Waals surface area contributed by atoms with Crippen LogP contribution in [-0.4, -0.2) is 52.9 Å². The molecule has 1 aromatic rings. The molecule has 24 heavy (non-hydrogen) atoms. The Kier molecular flexibility index (Phi) is 6.91. The van der Waals surface area contributed by atoms with E-state index in [4.69, 9.17) is 16.3 Å². The summed E-state index contributed by atoms with van der Waals surface area (Å²) in [7, 11) is 0. The van der Waals surface area contributed by atoms with Gasteiger partial charge < -0.3 is 14.5 Å². The van der Waals surface area contributed by atoms with Crippen molar-refractivity contribution in [1.82, 2.24) is 9.80 Å². The Hall–Kier alpha value is -1.75. The van der Waals surface area contributed by atoms with Crippen molar-refractivity contribution in [3.05, 3.63) is 35.9 Å². The molecule has 6 heteroatoms. The van der Waals surface area contributed by atoms with Crippen LogP contribution in [0.15, 0.2) is 30.3 Å². The Labute approximate surface area is 148 Å². The minimum atomic E-state index is -0.294. The highest BCUT2D eigenvalue weighted by atomic mass is 35.5. The molecule has 1 fully saturated rings. The standard InChI is InChI=1S/C18H25ClN2O3/c1-14(2)21(17(22)12-19)16-8-10-20(11-9-16)18(23)24-13-15-6-4-3-5-7-15/h3-7,14,16H,8-13H2,1-2H3. The number of likely N-dealkylation sites (tertiary alicyclic amines) is 1. The number of ether oxygens (including phenoxy) is 1. The molecule has 0 bridgehead atoms. The molecule has 2 amide bonds. The van der Waals surface area contributed by atoms with Gasteiger partial charge in [-0.05, 0) is 32.3 Å². The van der Waals surface area contributed by atoms with E-state index in [1.807, 2.05) is 49.1 Å². The van der Waals surface area contributed by atoms with E-state index in [9.17, 15) is 9.59 Å². The fourth-order valence-electron chi connectivity index (χ4n) is 3.12. The maximum atomic E-state index is 12.2. The lowest BCUT2D eigenvalue weighted by atomic mass is 10.0. The van der Waals surface area contributed by atoms with Crippen LogP contribution in [0, 0.1) is 0 Å². The summed E-state index contributed by atoms with van der Waals surface area (Å²) in [6, 6.07) is 9.87. The van der Waals surface area contributed by atoms with Crippen LogP contribution < -0.4 is 0 Å². The maximum Gasteiger partial charge on any atom is 0.410 e. The smallest absolute Gasteiger partial charge is 0.410 e. The van der Waals surface area contributed by atoms with Gasteiger partial charge in [-0.2, -0.15) is 0 Å². The number of amides is 2. The molecule has 0 aromatic heterocycles. The van der Waals surface area contributed by atoms with Crippen LogP contribution >= 0.6 is 11.6 Å². The molecule has 5 nitrogen and oxygen atoms in total. The van der Waals surface area contributed by atoms with Crippen molar-refractivity contribution in [1.29, 1.82) is 0 Å². The van der Waals surface area contributed by atoms with Crippen LogP contribution in [0.25, 0.3) is 0 Å². The Balaban J connectivity index is 1.83. The minimum Gasteiger partial charge on any atom is -0.445 e. The number of benzene rings is 1. The van der Waals surface area contributed by atoms with Crippen molar-refractivity contribution < 1.29 is 14.3 Å². The predicted octanol–water partition coefficient (Wildman–Crippen LogP) is 3.26. The average Bonchev–Trinajstić information content (AvgIpc) is 2.60. The first kappa shape index (κ1) is 18.6. The normalized spacial score (nSPS) is 15.4. The molecule has 1 heterocycles. The first-order valence-corrected chi connectivity index (χ1v) is 8.89. The van der Waals surface area contributed by atoms with Crippen molar-refractivity contribution in [2.75, 3.05) is 19.0 Å². The van der Waals surface area contributed by atoms with Gasteiger partial charge in [-0.15, -0.1) is 11.6 Å². The fraction of sp³-hybridized carbons (Fsp3) is 0.556. The molecule has 1 aliphatic rings. The van der Waals surface area contributed by atoms with E-state index in [1.54, 1.807) is 4.90 Å². The number of carbonyl (C=O) groups is 2. The van der Waals surface area contributed by atoms with E-state index in [0.29, 0.717) is 13.1 Å². The van der Waals surface area contributed by atoms with Gasteiger partial charge in [-0.1, -0.05) is 30.3 Å². The number of alkyl halides is 1. The van der Waals surface area contributed by atoms with E-state index in [-0.39, 0.29) is 36.6 Å². The highest BCUT2D eigenvalue weighted by molar-refractivity contribution is 6.27. The van der Waals surface area contributed by atoms with Gasteiger partial charge in [0.1, 0.15) is 12.5 Å². The van der Waals surface area contributed by atoms with Crippen molar-refractivity contribution in [3.63, 3.8) is 0 Å². The number of rotatable bonds is 5. The van der Waals surface area contributed by atoms with Crippen LogP contribution in [0.2, 0.25) is 0 Å². The third kappa shape index (κ3) is 4.87. The highest BCUT2D eigenvalue weighted by Gasteiger charge is 2.31. The number of hydrogen-bond acceptors (Lipinski definition) is 3. The predicted molar refractivity (Wildman–Crippen MR) is 93.9 cm³/mol. The van der Waals surface area contributed by atoms with Crippen molar-refractivity contribution in [3.8, 4) is 0 Å². The zero-order chi connectivity index (χ0) is 17.5. The monoisotopic (exact) mass is 352 g/mol. The summed E-state index contributed by atoms with van der Waals surface area (Å²) < 4.78 is 5.36. The molecule has 0 N–H and O–H groups in total. The summed E-state index contributed by atoms with van der Waals surface area (Å²) in [6.45, 7) is 5.45. The highest BCUT2D eigenvalue weighted by Crippen LogP contribution is 2.20. The minimum absolute atomic E-state index is 0.00247. The molecule has 1 aliphatic heterocycles. The first-order chi connectivity index (χ1) is 11.5. The van der Waals surface area contributed by atoms with Crippen LogP contribution in [-0.2, 0) is 16.1 Å². The summed E-state index contributed by atoms with van der Waals surface area (Å²) in [6.07, 6.45) is 1.21. The largest absolute Gasteiger partial charge is 0.445 e. The second-order valence-corrected chi connectivity index (χ2v) is 6.55. The number of halogens is 1. The van der Waals surface area contributed by atoms with Gasteiger partial charge in [-0.25, -0.2) is 4.79 Å². The lowest BCUT2D eigenvalue weighted by molar-refractivity contribution is -0.133. The van der Waals surface area contributed by atoms with Crippen LogP contribution in [0.3, 0.4) is 0 Å². The van der Waals surface area contributed by atoms with Crippen molar-refractivity contribution >= 4 is 23.6 Å². The summed E-state index contributed by atoms with van der Waals surface area (Å²) in [4.78, 5) is 27.7. The first-order valence-electron chi connectivity index (χ1n) is 8.35. The third-order valence-electron chi connectivity index (χ3n) is 4.28. The Morgan fingerprint density at radius 1 is 1.25 bits per heavy atom. The van der Waals surface area contributed by atoms with Crippen LogP contribution in [0.4, 0.5) is 4.79 Å². The van der Waals surface area contributed by atoms with Crippen LogP contribution in [0.1, 0.15) is 32.3 Å². The van der Waals surface area contributed by atoms with Crippen molar-refractivity contribution in [2.24, 2.45) is 0 Å². The molecular weight excluding hydrogens is 328 g/mol. The topological polar surface area (TPSA) is 49.9 Å². The molecule has 2 rings (SSSR count). The molecule has 0 saturated carbocycles. The van der Waals surface area contributed by atoms with Crippen LogP contribution in [0.5, 0.6) is 0 Å². The van der Waals surface area contributed by atoms with E-state index < -0.39 is 0 Å². The molecule has 0 atom stereocenters. The second kappa shape index (κ2) is 8.92. The average molecular weight is 353 g/mol. The summed E-state index contributed by atoms with van der Waals surface area (Å²) >= 11 is 5.71. The molecule has 0 radical (unpaired) electrons. The van der Waals surface area contributed by atoms with E-state index in [0.717, 1.165) is 18.4 Å². The number of hydrogen-bond donors (Lipinski definition) is 0. The van der Waals surface area contributed by atoms with Gasteiger partial charge in [0.15, 0.2) is 0 Å². The number of nitrogens with zero attached hydrogens (tertiary/aromatic N) is 2. The fourth-order valence-corrected chi connectivity index (χ4v) is 3.26. The molecule has 0 aliphatic carbocycles. The lowest BCUT2D eigenvalue weighted by Gasteiger charge is -2.40. The number of carbonyl (C=O) groups excluding carboxylic acids is 2. The van der Waals surface area contributed by atoms with Crippen molar-refractivity contribution in [2.45, 2.75) is 45.4 Å². The summed E-state index contributed by atoms with van der Waals surface area (Å²) in [5.74, 6) is -0.0471. The zero-order valence-corrected chi connectivity index (χ0v) is 15.0. The van der Waals surface area contributed by atoms with Gasteiger partial charge in [0.05, 0.1) is 0 Å². The van der Waals surface area contributed by atoms with Gasteiger partial charge in [0.2, 0.25) is 5.91 Å². The Bertz CT molecular complexity index is 542. The molecule has 132 valence electrons. The third-order valence-corrected chi connectivity index (χ3v) is 4.51. The van der Waals surface area contributed by atoms with E-state index >= 15 is 0 Å². The van der Waals surface area contributed by atoms with Gasteiger partial charge in [0, 0.05) is 25.2 Å². The zero-order valence-electron chi connectivity index (χ0n) is 14.3. The molecular formula is C18H25ClN2O3. The molecule has 0 spiro atoms. The SMILES string of the molecule is CC(C)N(C(=O)CCl)C1CCN(C(=O)OCc2ccccc2)CC1. The van der Waals surface area contributed by atoms with Gasteiger partial charge in [-0.3, -0.25) is 4.79 Å². The second-order valence-electron chi connectivity index (χ2n) is 6.29. The summed E-state index contributed by atoms with van der Waals surface area (Å²) in [5.41, 5.74) is 0.972. The van der Waals surface area contributed by atoms with E-state index in [1.165, 1.54) is 0 Å². The molecule has 1 aromatic carbocycles. The lowest BCUT2D eigenvalue weighted by Crippen LogP contribution is -2.51. The Morgan fingerprint density at radius 2 is 1.88 bits per heavy atom. The van der Waals surface area contributed by atoms with Gasteiger partial charge >= 0.3 is 6.09 Å². The molecule has 0 unspecified atom stereocenters. The number of piperidine rings is 1. The summed E-state index contributed by atoms with van der Waals surface area (Å²) in [5, 5.41) is 0. The quantitative estimate of drug-likeness (QED) is 0.764. The molecule has 1 saturated heterocycles. The van der Waals surface area contributed by atoms with E-state index in [2.05, 4.69) is 0 Å². The maximum absolute atomic E-state index is 12.2. The Morgan fingerprint density at radius 3 is 2.42 bits per heavy atom. The van der Waals surface area contributed by atoms with Gasteiger partial charge in [0.25, 0.3) is 0 Å².